The summed E-state index contributed by atoms with van der Waals surface area (Å²) in [5.41, 5.74) is 0.560. The summed E-state index contributed by atoms with van der Waals surface area (Å²) in [6.07, 6.45) is 3.65. The zero-order valence-corrected chi connectivity index (χ0v) is 19.4. The van der Waals surface area contributed by atoms with Crippen LogP contribution in [-0.4, -0.2) is 63.0 Å². The van der Waals surface area contributed by atoms with Crippen LogP contribution in [0.15, 0.2) is 0 Å². The lowest BCUT2D eigenvalue weighted by Crippen LogP contribution is -2.42. The molecule has 1 aliphatic carbocycles. The Balaban J connectivity index is 1.47. The highest BCUT2D eigenvalue weighted by molar-refractivity contribution is 6.61. The van der Waals surface area contributed by atoms with Crippen LogP contribution < -0.4 is 5.59 Å². The van der Waals surface area contributed by atoms with Crippen LogP contribution in [0.25, 0.3) is 0 Å². The lowest BCUT2D eigenvalue weighted by atomic mass is 9.82. The summed E-state index contributed by atoms with van der Waals surface area (Å²) in [6, 6.07) is 0.164. The average Bonchev–Trinajstić information content (AvgIpc) is 3.32. The lowest BCUT2D eigenvalue weighted by Gasteiger charge is -2.33. The first-order valence-electron chi connectivity index (χ1n) is 11.2. The third-order valence-electron chi connectivity index (χ3n) is 6.57. The first kappa shape index (κ1) is 21.6. The van der Waals surface area contributed by atoms with E-state index in [2.05, 4.69) is 27.7 Å². The van der Waals surface area contributed by atoms with Crippen molar-refractivity contribution >= 4 is 18.8 Å². The third-order valence-corrected chi connectivity index (χ3v) is 6.57. The van der Waals surface area contributed by atoms with Gasteiger partial charge in [0.15, 0.2) is 0 Å². The van der Waals surface area contributed by atoms with Crippen molar-refractivity contribution in [3.05, 3.63) is 5.69 Å². The van der Waals surface area contributed by atoms with E-state index in [0.717, 1.165) is 37.0 Å². The molecular weight excluding hydrogens is 383 g/mol. The smallest absolute Gasteiger partial charge is 0.444 e. The molecule has 9 heteroatoms. The number of piperidine rings is 1. The number of amides is 1. The van der Waals surface area contributed by atoms with Gasteiger partial charge in [-0.1, -0.05) is 0 Å². The average molecular weight is 418 g/mol. The molecule has 2 aliphatic heterocycles. The highest BCUT2D eigenvalue weighted by atomic mass is 16.7. The molecule has 3 fully saturated rings. The number of nitrogens with zero attached hydrogens (tertiary/aromatic N) is 4. The maximum absolute atomic E-state index is 12.3. The minimum atomic E-state index is -0.485. The molecule has 30 heavy (non-hydrogen) atoms. The second-order valence-corrected chi connectivity index (χ2v) is 10.9. The normalized spacial score (nSPS) is 24.4. The Labute approximate surface area is 179 Å². The molecule has 2 saturated heterocycles. The summed E-state index contributed by atoms with van der Waals surface area (Å²) in [5, 5.41) is 9.73. The summed E-state index contributed by atoms with van der Waals surface area (Å²) < 4.78 is 18.0. The molecule has 0 N–H and O–H groups in total. The monoisotopic (exact) mass is 418 g/mol. The van der Waals surface area contributed by atoms with E-state index in [9.17, 15) is 4.79 Å². The fourth-order valence-corrected chi connectivity index (χ4v) is 3.88. The van der Waals surface area contributed by atoms with E-state index in [-0.39, 0.29) is 12.1 Å². The predicted octanol–water partition coefficient (Wildman–Crippen LogP) is 3.03. The van der Waals surface area contributed by atoms with E-state index in [1.165, 1.54) is 0 Å². The molecule has 1 aromatic heterocycles. The Morgan fingerprint density at radius 3 is 2.10 bits per heavy atom. The molecule has 0 unspecified atom stereocenters. The van der Waals surface area contributed by atoms with Crippen LogP contribution in [0.1, 0.15) is 91.8 Å². The fourth-order valence-electron chi connectivity index (χ4n) is 3.88. The number of rotatable bonds is 3. The van der Waals surface area contributed by atoms with Gasteiger partial charge in [-0.05, 0) is 74.1 Å². The molecule has 1 aromatic rings. The number of carbonyl (C=O) groups is 1. The second kappa shape index (κ2) is 7.23. The molecule has 0 bridgehead atoms. The lowest BCUT2D eigenvalue weighted by molar-refractivity contribution is 0.00578. The van der Waals surface area contributed by atoms with Crippen LogP contribution in [0.4, 0.5) is 4.79 Å². The molecule has 1 amide bonds. The maximum Gasteiger partial charge on any atom is 0.518 e. The SMILES string of the molecule is CC(C)(C)OC(=O)N1CCC(n2nc(B3OC(C)(C)C(C)(C)O3)c(C3CC3)n2)CC1. The maximum atomic E-state index is 12.3. The molecule has 3 heterocycles. The zero-order chi connectivity index (χ0) is 21.9. The van der Waals surface area contributed by atoms with Gasteiger partial charge in [0.25, 0.3) is 0 Å². The van der Waals surface area contributed by atoms with Crippen molar-refractivity contribution in [2.45, 2.75) is 103 Å². The summed E-state index contributed by atoms with van der Waals surface area (Å²) in [6.45, 7) is 15.2. The molecule has 3 aliphatic rings. The van der Waals surface area contributed by atoms with Gasteiger partial charge < -0.3 is 18.9 Å². The third kappa shape index (κ3) is 4.24. The van der Waals surface area contributed by atoms with Gasteiger partial charge in [-0.3, -0.25) is 0 Å². The van der Waals surface area contributed by atoms with Crippen LogP contribution >= 0.6 is 0 Å². The highest BCUT2D eigenvalue weighted by Gasteiger charge is 2.54. The number of ether oxygens (including phenoxy) is 1. The Morgan fingerprint density at radius 1 is 1.03 bits per heavy atom. The molecule has 0 radical (unpaired) electrons. The Kier molecular flexibility index (Phi) is 5.21. The predicted molar refractivity (Wildman–Crippen MR) is 114 cm³/mol. The second-order valence-electron chi connectivity index (χ2n) is 10.9. The molecule has 4 rings (SSSR count). The fraction of sp³-hybridized carbons (Fsp3) is 0.857. The highest BCUT2D eigenvalue weighted by Crippen LogP contribution is 2.41. The quantitative estimate of drug-likeness (QED) is 0.703. The van der Waals surface area contributed by atoms with Crippen molar-refractivity contribution in [1.29, 1.82) is 0 Å². The Bertz CT molecular complexity index is 788. The largest absolute Gasteiger partial charge is 0.518 e. The van der Waals surface area contributed by atoms with E-state index in [1.54, 1.807) is 4.90 Å². The van der Waals surface area contributed by atoms with E-state index < -0.39 is 23.9 Å². The topological polar surface area (TPSA) is 78.7 Å². The number of hydrogen-bond acceptors (Lipinski definition) is 6. The first-order valence-corrected chi connectivity index (χ1v) is 11.2. The van der Waals surface area contributed by atoms with Crippen LogP contribution in [-0.2, 0) is 14.0 Å². The van der Waals surface area contributed by atoms with Gasteiger partial charge in [0, 0.05) is 19.0 Å². The standard InChI is InChI=1S/C21H35BN4O4/c1-19(2,3)28-18(27)25-12-10-15(11-13-25)26-23-16(14-8-9-14)17(24-26)22-29-20(4,5)21(6,7)30-22/h14-15H,8-13H2,1-7H3. The van der Waals surface area contributed by atoms with Gasteiger partial charge in [-0.2, -0.15) is 15.0 Å². The van der Waals surface area contributed by atoms with E-state index in [4.69, 9.17) is 24.2 Å². The Morgan fingerprint density at radius 2 is 1.60 bits per heavy atom. The zero-order valence-electron chi connectivity index (χ0n) is 19.4. The number of likely N-dealkylation sites (tertiary alicyclic amines) is 1. The van der Waals surface area contributed by atoms with Crippen molar-refractivity contribution in [2.24, 2.45) is 0 Å². The van der Waals surface area contributed by atoms with Crippen LogP contribution in [0.3, 0.4) is 0 Å². The molecule has 8 nitrogen and oxygen atoms in total. The number of hydrogen-bond donors (Lipinski definition) is 0. The first-order chi connectivity index (χ1) is 13.9. The van der Waals surface area contributed by atoms with Crippen LogP contribution in [0.5, 0.6) is 0 Å². The number of carbonyl (C=O) groups excluding carboxylic acids is 1. The minimum Gasteiger partial charge on any atom is -0.444 e. The van der Waals surface area contributed by atoms with Gasteiger partial charge in [-0.25, -0.2) is 4.79 Å². The van der Waals surface area contributed by atoms with E-state index >= 15 is 0 Å². The van der Waals surface area contributed by atoms with Crippen molar-refractivity contribution in [3.63, 3.8) is 0 Å². The van der Waals surface area contributed by atoms with Gasteiger partial charge in [-0.15, -0.1) is 0 Å². The molecule has 1 saturated carbocycles. The summed E-state index contributed by atoms with van der Waals surface area (Å²) >= 11 is 0. The van der Waals surface area contributed by atoms with Gasteiger partial charge in [0.05, 0.1) is 22.9 Å². The summed E-state index contributed by atoms with van der Waals surface area (Å²) in [7, 11) is -0.485. The van der Waals surface area contributed by atoms with Gasteiger partial charge in [0.1, 0.15) is 11.2 Å². The number of aromatic nitrogens is 3. The van der Waals surface area contributed by atoms with Crippen molar-refractivity contribution < 1.29 is 18.8 Å². The van der Waals surface area contributed by atoms with Crippen molar-refractivity contribution in [3.8, 4) is 0 Å². The molecular formula is C21H35BN4O4. The van der Waals surface area contributed by atoms with Crippen LogP contribution in [0.2, 0.25) is 0 Å². The minimum absolute atomic E-state index is 0.164. The summed E-state index contributed by atoms with van der Waals surface area (Å²) in [5.74, 6) is 0.453. The van der Waals surface area contributed by atoms with Gasteiger partial charge in [0.2, 0.25) is 0 Å². The van der Waals surface area contributed by atoms with Crippen molar-refractivity contribution in [1.82, 2.24) is 19.9 Å². The molecule has 0 aromatic carbocycles. The van der Waals surface area contributed by atoms with Crippen molar-refractivity contribution in [2.75, 3.05) is 13.1 Å². The van der Waals surface area contributed by atoms with E-state index in [0.29, 0.717) is 19.0 Å². The molecule has 0 atom stereocenters. The summed E-state index contributed by atoms with van der Waals surface area (Å²) in [4.78, 5) is 16.0. The molecule has 166 valence electrons. The van der Waals surface area contributed by atoms with Gasteiger partial charge >= 0.3 is 13.2 Å². The molecule has 0 spiro atoms. The Hall–Kier alpha value is -1.61. The van der Waals surface area contributed by atoms with E-state index in [1.807, 2.05) is 25.6 Å². The van der Waals surface area contributed by atoms with Crippen LogP contribution in [0, 0.1) is 0 Å².